The number of nitrogens with one attached hydrogen (secondary N) is 1. The number of carboxylic acid groups (broad SMARTS) is 1. The van der Waals surface area contributed by atoms with Crippen molar-refractivity contribution < 1.29 is 14.7 Å². The first-order chi connectivity index (χ1) is 9.97. The largest absolute Gasteiger partial charge is 0.478 e. The van der Waals surface area contributed by atoms with Gasteiger partial charge in [0.15, 0.2) is 0 Å². The minimum absolute atomic E-state index is 0.170. The van der Waals surface area contributed by atoms with E-state index in [0.29, 0.717) is 17.9 Å². The van der Waals surface area contributed by atoms with E-state index >= 15 is 0 Å². The number of aromatic carboxylic acids is 1. The fraction of sp³-hybridized carbons (Fsp3) is 0.0714. The summed E-state index contributed by atoms with van der Waals surface area (Å²) in [6.07, 6.45) is 1.43. The van der Waals surface area contributed by atoms with E-state index in [1.165, 1.54) is 24.4 Å². The minimum atomic E-state index is -1.01. The fourth-order valence-electron chi connectivity index (χ4n) is 1.73. The summed E-state index contributed by atoms with van der Waals surface area (Å²) in [7, 11) is 0. The molecule has 1 aromatic heterocycles. The molecule has 0 unspecified atom stereocenters. The number of amides is 1. The fourth-order valence-corrected chi connectivity index (χ4v) is 2.00. The summed E-state index contributed by atoms with van der Waals surface area (Å²) in [5, 5.41) is 12.2. The molecule has 6 nitrogen and oxygen atoms in total. The zero-order valence-electron chi connectivity index (χ0n) is 10.8. The number of carbonyl (C=O) groups excluding carboxylic acids is 1. The average Bonchev–Trinajstić information content (AvgIpc) is 2.45. The van der Waals surface area contributed by atoms with Crippen LogP contribution in [0.4, 0.5) is 5.69 Å². The number of anilines is 1. The number of primary amides is 1. The number of halogens is 1. The highest BCUT2D eigenvalue weighted by molar-refractivity contribution is 6.34. The number of nitrogens with two attached hydrogens (primary N) is 1. The first-order valence-corrected chi connectivity index (χ1v) is 6.36. The molecule has 108 valence electrons. The Labute approximate surface area is 125 Å². The van der Waals surface area contributed by atoms with E-state index in [-0.39, 0.29) is 16.1 Å². The molecule has 0 aliphatic heterocycles. The molecule has 7 heteroatoms. The molecule has 0 saturated carbocycles. The SMILES string of the molecule is NC(=O)c1ccc(NCc2cc(C(=O)O)ccn2)cc1Cl. The number of rotatable bonds is 5. The molecule has 0 saturated heterocycles. The van der Waals surface area contributed by atoms with Crippen LogP contribution in [0, 0.1) is 0 Å². The van der Waals surface area contributed by atoms with Crippen LogP contribution < -0.4 is 11.1 Å². The number of nitrogens with zero attached hydrogens (tertiary/aromatic N) is 1. The van der Waals surface area contributed by atoms with E-state index in [0.717, 1.165) is 0 Å². The standard InChI is InChI=1S/C14H12ClN3O3/c15-12-6-9(1-2-11(12)13(16)19)18-7-10-5-8(14(20)21)3-4-17-10/h1-6,18H,7H2,(H2,16,19)(H,20,21). The smallest absolute Gasteiger partial charge is 0.335 e. The van der Waals surface area contributed by atoms with Crippen molar-refractivity contribution in [1.82, 2.24) is 4.98 Å². The molecule has 21 heavy (non-hydrogen) atoms. The van der Waals surface area contributed by atoms with Gasteiger partial charge in [-0.1, -0.05) is 11.6 Å². The van der Waals surface area contributed by atoms with E-state index in [2.05, 4.69) is 10.3 Å². The molecule has 0 fully saturated rings. The van der Waals surface area contributed by atoms with Crippen LogP contribution >= 0.6 is 11.6 Å². The van der Waals surface area contributed by atoms with E-state index in [4.69, 9.17) is 22.4 Å². The third kappa shape index (κ3) is 3.70. The molecule has 1 aromatic carbocycles. The van der Waals surface area contributed by atoms with Crippen molar-refractivity contribution in [2.45, 2.75) is 6.54 Å². The summed E-state index contributed by atoms with van der Waals surface area (Å²) < 4.78 is 0. The van der Waals surface area contributed by atoms with Crippen molar-refractivity contribution in [1.29, 1.82) is 0 Å². The van der Waals surface area contributed by atoms with Crippen LogP contribution in [0.1, 0.15) is 26.4 Å². The first kappa shape index (κ1) is 14.8. The van der Waals surface area contributed by atoms with Crippen molar-refractivity contribution in [2.24, 2.45) is 5.73 Å². The second kappa shape index (κ2) is 6.23. The summed E-state index contributed by atoms with van der Waals surface area (Å²) in [5.41, 5.74) is 6.83. The highest BCUT2D eigenvalue weighted by Crippen LogP contribution is 2.21. The number of carboxylic acids is 1. The molecule has 0 aliphatic rings. The zero-order valence-corrected chi connectivity index (χ0v) is 11.6. The Morgan fingerprint density at radius 1 is 1.29 bits per heavy atom. The number of hydrogen-bond acceptors (Lipinski definition) is 4. The van der Waals surface area contributed by atoms with E-state index in [9.17, 15) is 9.59 Å². The highest BCUT2D eigenvalue weighted by atomic mass is 35.5. The van der Waals surface area contributed by atoms with Crippen LogP contribution in [0.15, 0.2) is 36.5 Å². The quantitative estimate of drug-likeness (QED) is 0.785. The molecule has 2 aromatic rings. The summed E-state index contributed by atoms with van der Waals surface area (Å²) in [6.45, 7) is 0.327. The highest BCUT2D eigenvalue weighted by Gasteiger charge is 2.08. The van der Waals surface area contributed by atoms with Crippen molar-refractivity contribution in [3.63, 3.8) is 0 Å². The molecule has 0 bridgehead atoms. The minimum Gasteiger partial charge on any atom is -0.478 e. The van der Waals surface area contributed by atoms with Crippen LogP contribution in [0.5, 0.6) is 0 Å². The number of hydrogen-bond donors (Lipinski definition) is 3. The number of carbonyl (C=O) groups is 2. The van der Waals surface area contributed by atoms with E-state index < -0.39 is 11.9 Å². The second-order valence-electron chi connectivity index (χ2n) is 4.25. The predicted octanol–water partition coefficient (Wildman–Crippen LogP) is 2.14. The van der Waals surface area contributed by atoms with Crippen LogP contribution in [0.2, 0.25) is 5.02 Å². The lowest BCUT2D eigenvalue weighted by atomic mass is 10.2. The van der Waals surface area contributed by atoms with Gasteiger partial charge in [-0.3, -0.25) is 9.78 Å². The van der Waals surface area contributed by atoms with Crippen LogP contribution in [0.25, 0.3) is 0 Å². The van der Waals surface area contributed by atoms with Gasteiger partial charge in [0.25, 0.3) is 0 Å². The lowest BCUT2D eigenvalue weighted by molar-refractivity contribution is 0.0696. The number of pyridine rings is 1. The first-order valence-electron chi connectivity index (χ1n) is 5.99. The molecule has 0 spiro atoms. The predicted molar refractivity (Wildman–Crippen MR) is 78.5 cm³/mol. The third-order valence-electron chi connectivity index (χ3n) is 2.77. The molecule has 0 aliphatic carbocycles. The second-order valence-corrected chi connectivity index (χ2v) is 4.66. The molecule has 4 N–H and O–H groups in total. The van der Waals surface area contributed by atoms with Gasteiger partial charge in [-0.2, -0.15) is 0 Å². The van der Waals surface area contributed by atoms with Gasteiger partial charge in [0.1, 0.15) is 0 Å². The van der Waals surface area contributed by atoms with Gasteiger partial charge in [0.2, 0.25) is 5.91 Å². The topological polar surface area (TPSA) is 105 Å². The van der Waals surface area contributed by atoms with Gasteiger partial charge in [0, 0.05) is 11.9 Å². The summed E-state index contributed by atoms with van der Waals surface area (Å²) >= 11 is 5.94. The molecule has 1 heterocycles. The van der Waals surface area contributed by atoms with Gasteiger partial charge in [0.05, 0.1) is 28.4 Å². The lowest BCUT2D eigenvalue weighted by Crippen LogP contribution is -2.11. The summed E-state index contributed by atoms with van der Waals surface area (Å²) in [5.74, 6) is -1.60. The van der Waals surface area contributed by atoms with Gasteiger partial charge in [-0.15, -0.1) is 0 Å². The van der Waals surface area contributed by atoms with Crippen molar-refractivity contribution in [3.8, 4) is 0 Å². The Morgan fingerprint density at radius 3 is 2.67 bits per heavy atom. The Kier molecular flexibility index (Phi) is 4.39. The number of aromatic nitrogens is 1. The Balaban J connectivity index is 2.10. The Bertz CT molecular complexity index is 704. The van der Waals surface area contributed by atoms with Gasteiger partial charge >= 0.3 is 5.97 Å². The van der Waals surface area contributed by atoms with Crippen LogP contribution in [0.3, 0.4) is 0 Å². The van der Waals surface area contributed by atoms with Crippen molar-refractivity contribution >= 4 is 29.2 Å². The summed E-state index contributed by atoms with van der Waals surface area (Å²) in [4.78, 5) is 26.0. The zero-order chi connectivity index (χ0) is 15.4. The third-order valence-corrected chi connectivity index (χ3v) is 3.08. The lowest BCUT2D eigenvalue weighted by Gasteiger charge is -2.08. The monoisotopic (exact) mass is 305 g/mol. The maximum absolute atomic E-state index is 11.1. The van der Waals surface area contributed by atoms with E-state index in [1.54, 1.807) is 12.1 Å². The molecule has 1 amide bonds. The number of benzene rings is 1. The van der Waals surface area contributed by atoms with Gasteiger partial charge in [-0.05, 0) is 30.3 Å². The summed E-state index contributed by atoms with van der Waals surface area (Å²) in [6, 6.07) is 7.66. The Morgan fingerprint density at radius 2 is 2.05 bits per heavy atom. The van der Waals surface area contributed by atoms with E-state index in [1.807, 2.05) is 0 Å². The molecule has 0 atom stereocenters. The van der Waals surface area contributed by atoms with Crippen LogP contribution in [-0.4, -0.2) is 22.0 Å². The molecule has 2 rings (SSSR count). The molecular formula is C14H12ClN3O3. The molecular weight excluding hydrogens is 294 g/mol. The maximum atomic E-state index is 11.1. The Hall–Kier alpha value is -2.60. The normalized spacial score (nSPS) is 10.1. The average molecular weight is 306 g/mol. The van der Waals surface area contributed by atoms with Crippen molar-refractivity contribution in [2.75, 3.05) is 5.32 Å². The molecule has 0 radical (unpaired) electrons. The van der Waals surface area contributed by atoms with Crippen LogP contribution in [-0.2, 0) is 6.54 Å². The maximum Gasteiger partial charge on any atom is 0.335 e. The van der Waals surface area contributed by atoms with Gasteiger partial charge < -0.3 is 16.2 Å². The van der Waals surface area contributed by atoms with Crippen molar-refractivity contribution in [3.05, 3.63) is 58.4 Å². The van der Waals surface area contributed by atoms with Gasteiger partial charge in [-0.25, -0.2) is 4.79 Å².